The van der Waals surface area contributed by atoms with E-state index in [9.17, 15) is 4.79 Å². The van der Waals surface area contributed by atoms with Crippen LogP contribution in [0.5, 0.6) is 11.5 Å². The van der Waals surface area contributed by atoms with Crippen molar-refractivity contribution < 1.29 is 18.4 Å². The van der Waals surface area contributed by atoms with E-state index in [1.807, 2.05) is 48.5 Å². The van der Waals surface area contributed by atoms with Crippen molar-refractivity contribution in [3.05, 3.63) is 102 Å². The van der Waals surface area contributed by atoms with Crippen LogP contribution in [0.25, 0.3) is 0 Å². The molecule has 2 aromatic heterocycles. The zero-order valence-corrected chi connectivity index (χ0v) is 19.4. The molecule has 0 saturated carbocycles. The number of nitrogens with zero attached hydrogens (tertiary/aromatic N) is 2. The minimum absolute atomic E-state index is 0.254. The number of hydrogen-bond donors (Lipinski definition) is 1. The van der Waals surface area contributed by atoms with Crippen molar-refractivity contribution in [2.24, 2.45) is 0 Å². The molecule has 176 valence electrons. The molecular formula is C27H29N3O4. The van der Waals surface area contributed by atoms with Crippen LogP contribution in [0.4, 0.5) is 0 Å². The summed E-state index contributed by atoms with van der Waals surface area (Å²) in [6.07, 6.45) is 3.94. The Morgan fingerprint density at radius 2 is 1.85 bits per heavy atom. The van der Waals surface area contributed by atoms with Crippen LogP contribution in [0.15, 0.2) is 88.1 Å². The van der Waals surface area contributed by atoms with Crippen LogP contribution in [-0.4, -0.2) is 21.8 Å². The van der Waals surface area contributed by atoms with E-state index in [4.69, 9.17) is 13.6 Å². The van der Waals surface area contributed by atoms with Crippen molar-refractivity contribution >= 4 is 5.91 Å². The van der Waals surface area contributed by atoms with Crippen LogP contribution in [0.2, 0.25) is 0 Å². The highest BCUT2D eigenvalue weighted by molar-refractivity contribution is 5.91. The lowest BCUT2D eigenvalue weighted by Crippen LogP contribution is -2.31. The maximum atomic E-state index is 12.4. The third-order valence-corrected chi connectivity index (χ3v) is 5.60. The number of ether oxygens (including phenoxy) is 1. The van der Waals surface area contributed by atoms with E-state index in [2.05, 4.69) is 35.1 Å². The molecule has 4 aromatic rings. The number of aromatic nitrogens is 1. The number of oxazole rings is 1. The first-order valence-electron chi connectivity index (χ1n) is 11.4. The number of amides is 1. The number of hydrogen-bond acceptors (Lipinski definition) is 6. The molecule has 1 N–H and O–H groups in total. The molecule has 0 spiro atoms. The number of rotatable bonds is 11. The van der Waals surface area contributed by atoms with Gasteiger partial charge in [-0.25, -0.2) is 4.98 Å². The number of benzene rings is 2. The molecule has 1 atom stereocenters. The fourth-order valence-corrected chi connectivity index (χ4v) is 3.52. The first kappa shape index (κ1) is 23.3. The first-order valence-corrected chi connectivity index (χ1v) is 11.4. The van der Waals surface area contributed by atoms with Gasteiger partial charge in [-0.1, -0.05) is 37.3 Å². The predicted molar refractivity (Wildman–Crippen MR) is 128 cm³/mol. The van der Waals surface area contributed by atoms with Gasteiger partial charge in [0, 0.05) is 12.6 Å². The Hall–Kier alpha value is -3.84. The topological polar surface area (TPSA) is 80.7 Å². The van der Waals surface area contributed by atoms with Crippen LogP contribution in [-0.2, 0) is 19.6 Å². The lowest BCUT2D eigenvalue weighted by Gasteiger charge is -2.27. The molecule has 1 unspecified atom stereocenters. The van der Waals surface area contributed by atoms with Gasteiger partial charge in [0.25, 0.3) is 5.91 Å². The molecule has 0 saturated heterocycles. The first-order chi connectivity index (χ1) is 16.6. The van der Waals surface area contributed by atoms with Crippen molar-refractivity contribution in [2.75, 3.05) is 0 Å². The number of nitrogens with one attached hydrogen (secondary N) is 1. The van der Waals surface area contributed by atoms with E-state index in [1.54, 1.807) is 18.4 Å². The molecule has 7 nitrogen and oxygen atoms in total. The molecule has 34 heavy (non-hydrogen) atoms. The average molecular weight is 460 g/mol. The Morgan fingerprint density at radius 3 is 2.62 bits per heavy atom. The van der Waals surface area contributed by atoms with Gasteiger partial charge in [0.15, 0.2) is 5.69 Å². The van der Waals surface area contributed by atoms with Crippen molar-refractivity contribution in [1.82, 2.24) is 15.2 Å². The third-order valence-electron chi connectivity index (χ3n) is 5.60. The molecular weight excluding hydrogens is 430 g/mol. The fourth-order valence-electron chi connectivity index (χ4n) is 3.52. The number of carbonyl (C=O) groups excluding carboxylic acids is 1. The molecule has 1 amide bonds. The van der Waals surface area contributed by atoms with Gasteiger partial charge in [-0.2, -0.15) is 0 Å². The zero-order valence-electron chi connectivity index (χ0n) is 19.4. The molecule has 7 heteroatoms. The van der Waals surface area contributed by atoms with Crippen LogP contribution in [0, 0.1) is 0 Å². The summed E-state index contributed by atoms with van der Waals surface area (Å²) in [6, 6.07) is 21.7. The minimum atomic E-state index is -0.299. The third kappa shape index (κ3) is 6.36. The zero-order chi connectivity index (χ0) is 23.8. The summed E-state index contributed by atoms with van der Waals surface area (Å²) in [5.74, 6) is 2.47. The lowest BCUT2D eigenvalue weighted by atomic mass is 10.1. The van der Waals surface area contributed by atoms with Gasteiger partial charge in [-0.3, -0.25) is 9.69 Å². The Kier molecular flexibility index (Phi) is 7.78. The highest BCUT2D eigenvalue weighted by Crippen LogP contribution is 2.23. The summed E-state index contributed by atoms with van der Waals surface area (Å²) in [6.45, 7) is 5.81. The summed E-state index contributed by atoms with van der Waals surface area (Å²) in [5, 5.41) is 2.79. The van der Waals surface area contributed by atoms with Crippen molar-refractivity contribution in [1.29, 1.82) is 0 Å². The van der Waals surface area contributed by atoms with Crippen LogP contribution in [0.1, 0.15) is 48.0 Å². The SMILES string of the molecule is CCC(C)N(Cc1cccc(Oc2ccccc2)c1)Cc1nc(C(=O)NCc2ccco2)co1. The highest BCUT2D eigenvalue weighted by Gasteiger charge is 2.19. The van der Waals surface area contributed by atoms with Gasteiger partial charge in [-0.05, 0) is 55.3 Å². The van der Waals surface area contributed by atoms with Gasteiger partial charge in [-0.15, -0.1) is 0 Å². The Morgan fingerprint density at radius 1 is 1.03 bits per heavy atom. The number of carbonyl (C=O) groups is 1. The van der Waals surface area contributed by atoms with Crippen molar-refractivity contribution in [3.8, 4) is 11.5 Å². The van der Waals surface area contributed by atoms with Gasteiger partial charge >= 0.3 is 0 Å². The molecule has 0 bridgehead atoms. The Bertz CT molecular complexity index is 1170. The molecule has 0 fully saturated rings. The van der Waals surface area contributed by atoms with Gasteiger partial charge < -0.3 is 18.9 Å². The van der Waals surface area contributed by atoms with Gasteiger partial charge in [0.05, 0.1) is 19.4 Å². The maximum absolute atomic E-state index is 12.4. The summed E-state index contributed by atoms with van der Waals surface area (Å²) in [7, 11) is 0. The fraction of sp³-hybridized carbons (Fsp3) is 0.259. The largest absolute Gasteiger partial charge is 0.467 e. The molecule has 0 aliphatic heterocycles. The molecule has 2 aromatic carbocycles. The molecule has 0 aliphatic rings. The normalized spacial score (nSPS) is 12.0. The summed E-state index contributed by atoms with van der Waals surface area (Å²) in [5.41, 5.74) is 1.38. The summed E-state index contributed by atoms with van der Waals surface area (Å²) >= 11 is 0. The van der Waals surface area contributed by atoms with Crippen LogP contribution >= 0.6 is 0 Å². The molecule has 2 heterocycles. The van der Waals surface area contributed by atoms with Gasteiger partial charge in [0.1, 0.15) is 23.5 Å². The van der Waals surface area contributed by atoms with Crippen molar-refractivity contribution in [2.45, 2.75) is 45.9 Å². The van der Waals surface area contributed by atoms with E-state index >= 15 is 0 Å². The number of furan rings is 1. The molecule has 0 radical (unpaired) electrons. The van der Waals surface area contributed by atoms with E-state index in [0.717, 1.165) is 23.5 Å². The quantitative estimate of drug-likeness (QED) is 0.306. The second-order valence-electron chi connectivity index (χ2n) is 8.11. The van der Waals surface area contributed by atoms with E-state index in [1.165, 1.54) is 6.26 Å². The molecule has 0 aliphatic carbocycles. The minimum Gasteiger partial charge on any atom is -0.467 e. The molecule has 4 rings (SSSR count). The van der Waals surface area contributed by atoms with Crippen LogP contribution < -0.4 is 10.1 Å². The average Bonchev–Trinajstić information content (AvgIpc) is 3.55. The summed E-state index contributed by atoms with van der Waals surface area (Å²) < 4.78 is 16.9. The van der Waals surface area contributed by atoms with E-state index in [0.29, 0.717) is 37.3 Å². The predicted octanol–water partition coefficient (Wildman–Crippen LogP) is 5.79. The Balaban J connectivity index is 1.40. The van der Waals surface area contributed by atoms with E-state index < -0.39 is 0 Å². The Labute approximate surface area is 199 Å². The monoisotopic (exact) mass is 459 g/mol. The van der Waals surface area contributed by atoms with Gasteiger partial charge in [0.2, 0.25) is 5.89 Å². The van der Waals surface area contributed by atoms with Crippen LogP contribution in [0.3, 0.4) is 0 Å². The standard InChI is InChI=1S/C27H29N3O4/c1-3-20(2)30(17-21-9-7-12-23(15-21)34-22-10-5-4-6-11-22)18-26-29-25(19-33-26)27(31)28-16-24-13-8-14-32-24/h4-15,19-20H,3,16-18H2,1-2H3,(H,28,31). The smallest absolute Gasteiger partial charge is 0.273 e. The second kappa shape index (κ2) is 11.3. The summed E-state index contributed by atoms with van der Waals surface area (Å²) in [4.78, 5) is 19.1. The number of para-hydroxylation sites is 1. The van der Waals surface area contributed by atoms with Crippen molar-refractivity contribution in [3.63, 3.8) is 0 Å². The van der Waals surface area contributed by atoms with E-state index in [-0.39, 0.29) is 11.6 Å². The highest BCUT2D eigenvalue weighted by atomic mass is 16.5. The second-order valence-corrected chi connectivity index (χ2v) is 8.11. The lowest BCUT2D eigenvalue weighted by molar-refractivity contribution is 0.0943. The maximum Gasteiger partial charge on any atom is 0.273 e.